The Morgan fingerprint density at radius 2 is 2.16 bits per heavy atom. The van der Waals surface area contributed by atoms with Gasteiger partial charge in [-0.05, 0) is 26.0 Å². The minimum Gasteiger partial charge on any atom is -0.295 e. The molecule has 1 aromatic rings. The standard InChI is InChI=1S/C16H23NOS/c1-13-5-4-6-14(11-13)15(18)12-17-8-7-16(2,3)19-10-9-17/h4-6,11H,7-10,12H2,1-3H3. The van der Waals surface area contributed by atoms with Gasteiger partial charge in [-0.2, -0.15) is 11.8 Å². The molecule has 19 heavy (non-hydrogen) atoms. The number of hydrogen-bond donors (Lipinski definition) is 0. The van der Waals surface area contributed by atoms with Gasteiger partial charge in [-0.1, -0.05) is 37.6 Å². The third kappa shape index (κ3) is 4.36. The van der Waals surface area contributed by atoms with Crippen molar-refractivity contribution < 1.29 is 4.79 Å². The molecular formula is C16H23NOS. The molecule has 0 atom stereocenters. The van der Waals surface area contributed by atoms with E-state index in [1.807, 2.05) is 43.0 Å². The van der Waals surface area contributed by atoms with Crippen LogP contribution in [0.15, 0.2) is 24.3 Å². The van der Waals surface area contributed by atoms with Crippen molar-refractivity contribution in [2.45, 2.75) is 31.9 Å². The zero-order chi connectivity index (χ0) is 13.9. The fraction of sp³-hybridized carbons (Fsp3) is 0.562. The largest absolute Gasteiger partial charge is 0.295 e. The van der Waals surface area contributed by atoms with Crippen LogP contribution in [0.2, 0.25) is 0 Å². The first-order valence-electron chi connectivity index (χ1n) is 6.92. The molecule has 3 heteroatoms. The Kier molecular flexibility index (Phi) is 4.69. The monoisotopic (exact) mass is 277 g/mol. The van der Waals surface area contributed by atoms with Crippen LogP contribution in [0.25, 0.3) is 0 Å². The molecule has 0 aliphatic carbocycles. The van der Waals surface area contributed by atoms with Crippen molar-refractivity contribution in [2.75, 3.05) is 25.4 Å². The van der Waals surface area contributed by atoms with E-state index in [2.05, 4.69) is 18.7 Å². The van der Waals surface area contributed by atoms with E-state index in [0.29, 0.717) is 11.3 Å². The van der Waals surface area contributed by atoms with Crippen molar-refractivity contribution in [3.63, 3.8) is 0 Å². The minimum atomic E-state index is 0.244. The van der Waals surface area contributed by atoms with Crippen LogP contribution >= 0.6 is 11.8 Å². The zero-order valence-corrected chi connectivity index (χ0v) is 12.9. The highest BCUT2D eigenvalue weighted by molar-refractivity contribution is 8.00. The molecule has 0 radical (unpaired) electrons. The summed E-state index contributed by atoms with van der Waals surface area (Å²) in [4.78, 5) is 14.6. The molecule has 1 aromatic carbocycles. The second kappa shape index (κ2) is 6.10. The van der Waals surface area contributed by atoms with E-state index in [1.54, 1.807) is 0 Å². The van der Waals surface area contributed by atoms with Gasteiger partial charge in [0.25, 0.3) is 0 Å². The summed E-state index contributed by atoms with van der Waals surface area (Å²) in [5.41, 5.74) is 1.99. The van der Waals surface area contributed by atoms with Crippen molar-refractivity contribution in [1.29, 1.82) is 0 Å². The maximum Gasteiger partial charge on any atom is 0.176 e. The molecule has 0 N–H and O–H groups in total. The van der Waals surface area contributed by atoms with E-state index in [9.17, 15) is 4.79 Å². The Balaban J connectivity index is 1.96. The lowest BCUT2D eigenvalue weighted by Gasteiger charge is -2.22. The normalized spacial score (nSPS) is 19.9. The van der Waals surface area contributed by atoms with Crippen LogP contribution in [0.5, 0.6) is 0 Å². The SMILES string of the molecule is Cc1cccc(C(=O)CN2CCSC(C)(C)CC2)c1. The van der Waals surface area contributed by atoms with E-state index in [0.717, 1.165) is 36.4 Å². The molecule has 1 heterocycles. The quantitative estimate of drug-likeness (QED) is 0.790. The average molecular weight is 277 g/mol. The highest BCUT2D eigenvalue weighted by atomic mass is 32.2. The number of carbonyl (C=O) groups is 1. The number of nitrogens with zero attached hydrogens (tertiary/aromatic N) is 1. The molecule has 1 aliphatic heterocycles. The molecule has 2 nitrogen and oxygen atoms in total. The van der Waals surface area contributed by atoms with Crippen LogP contribution in [-0.4, -0.2) is 40.8 Å². The third-order valence-electron chi connectivity index (χ3n) is 3.64. The topological polar surface area (TPSA) is 20.3 Å². The molecule has 0 bridgehead atoms. The Hall–Kier alpha value is -0.800. The summed E-state index contributed by atoms with van der Waals surface area (Å²) in [5, 5.41) is 0. The number of rotatable bonds is 3. The number of Topliss-reactive ketones (excluding diaryl/α,β-unsaturated/α-hetero) is 1. The van der Waals surface area contributed by atoms with Crippen LogP contribution in [0.3, 0.4) is 0 Å². The van der Waals surface area contributed by atoms with Gasteiger partial charge >= 0.3 is 0 Å². The first kappa shape index (κ1) is 14.6. The first-order valence-corrected chi connectivity index (χ1v) is 7.91. The zero-order valence-electron chi connectivity index (χ0n) is 12.1. The number of ketones is 1. The lowest BCUT2D eigenvalue weighted by atomic mass is 10.1. The van der Waals surface area contributed by atoms with Crippen LogP contribution < -0.4 is 0 Å². The smallest absolute Gasteiger partial charge is 0.176 e. The summed E-state index contributed by atoms with van der Waals surface area (Å²) >= 11 is 2.02. The van der Waals surface area contributed by atoms with Gasteiger partial charge in [0.05, 0.1) is 6.54 Å². The second-order valence-corrected chi connectivity index (χ2v) is 7.73. The molecule has 0 aromatic heterocycles. The second-order valence-electron chi connectivity index (χ2n) is 5.93. The third-order valence-corrected chi connectivity index (χ3v) is 5.01. The summed E-state index contributed by atoms with van der Waals surface area (Å²) in [6.07, 6.45) is 1.15. The Morgan fingerprint density at radius 1 is 1.37 bits per heavy atom. The number of thioether (sulfide) groups is 1. The maximum absolute atomic E-state index is 12.3. The number of benzene rings is 1. The Morgan fingerprint density at radius 3 is 2.89 bits per heavy atom. The van der Waals surface area contributed by atoms with Gasteiger partial charge in [0.1, 0.15) is 0 Å². The summed E-state index contributed by atoms with van der Waals surface area (Å²) in [7, 11) is 0. The predicted octanol–water partition coefficient (Wildman–Crippen LogP) is 3.40. The molecule has 0 saturated carbocycles. The van der Waals surface area contributed by atoms with E-state index >= 15 is 0 Å². The van der Waals surface area contributed by atoms with Gasteiger partial charge in [-0.3, -0.25) is 9.69 Å². The summed E-state index contributed by atoms with van der Waals surface area (Å²) in [6, 6.07) is 7.90. The average Bonchev–Trinajstić information content (AvgIpc) is 2.51. The van der Waals surface area contributed by atoms with Crippen molar-refractivity contribution >= 4 is 17.5 Å². The van der Waals surface area contributed by atoms with Gasteiger partial charge in [0, 0.05) is 22.6 Å². The Labute approximate surface area is 120 Å². The maximum atomic E-state index is 12.3. The highest BCUT2D eigenvalue weighted by Gasteiger charge is 2.24. The number of aryl methyl sites for hydroxylation is 1. The summed E-state index contributed by atoms with van der Waals surface area (Å²) in [6.45, 7) is 9.22. The fourth-order valence-electron chi connectivity index (χ4n) is 2.33. The first-order chi connectivity index (χ1) is 8.96. The molecule has 1 fully saturated rings. The lowest BCUT2D eigenvalue weighted by molar-refractivity contribution is 0.0933. The summed E-state index contributed by atoms with van der Waals surface area (Å²) < 4.78 is 0.348. The van der Waals surface area contributed by atoms with Crippen molar-refractivity contribution in [3.8, 4) is 0 Å². The predicted molar refractivity (Wildman–Crippen MR) is 83.1 cm³/mol. The molecule has 1 aliphatic rings. The van der Waals surface area contributed by atoms with Gasteiger partial charge in [-0.25, -0.2) is 0 Å². The number of hydrogen-bond acceptors (Lipinski definition) is 3. The van der Waals surface area contributed by atoms with Crippen LogP contribution in [-0.2, 0) is 0 Å². The fourth-order valence-corrected chi connectivity index (χ4v) is 3.47. The molecule has 1 saturated heterocycles. The summed E-state index contributed by atoms with van der Waals surface area (Å²) in [5.74, 6) is 1.36. The van der Waals surface area contributed by atoms with Crippen LogP contribution in [0.4, 0.5) is 0 Å². The Bertz CT molecular complexity index is 456. The van der Waals surface area contributed by atoms with Crippen LogP contribution in [0, 0.1) is 6.92 Å². The van der Waals surface area contributed by atoms with Gasteiger partial charge in [-0.15, -0.1) is 0 Å². The number of carbonyl (C=O) groups excluding carboxylic acids is 1. The van der Waals surface area contributed by atoms with Gasteiger partial charge < -0.3 is 0 Å². The minimum absolute atomic E-state index is 0.244. The highest BCUT2D eigenvalue weighted by Crippen LogP contribution is 2.30. The van der Waals surface area contributed by atoms with E-state index in [1.165, 1.54) is 0 Å². The van der Waals surface area contributed by atoms with Crippen LogP contribution in [0.1, 0.15) is 36.2 Å². The molecule has 0 amide bonds. The van der Waals surface area contributed by atoms with Gasteiger partial charge in [0.15, 0.2) is 5.78 Å². The van der Waals surface area contributed by atoms with Crippen molar-refractivity contribution in [1.82, 2.24) is 4.90 Å². The van der Waals surface area contributed by atoms with Crippen molar-refractivity contribution in [2.24, 2.45) is 0 Å². The molecule has 2 rings (SSSR count). The van der Waals surface area contributed by atoms with Gasteiger partial charge in [0.2, 0.25) is 0 Å². The lowest BCUT2D eigenvalue weighted by Crippen LogP contribution is -2.32. The molecule has 0 unspecified atom stereocenters. The molecular weight excluding hydrogens is 254 g/mol. The van der Waals surface area contributed by atoms with E-state index < -0.39 is 0 Å². The molecule has 0 spiro atoms. The van der Waals surface area contributed by atoms with E-state index in [4.69, 9.17) is 0 Å². The van der Waals surface area contributed by atoms with Crippen molar-refractivity contribution in [3.05, 3.63) is 35.4 Å². The molecule has 104 valence electrons. The van der Waals surface area contributed by atoms with E-state index in [-0.39, 0.29) is 5.78 Å².